The number of hydrogen-bond donors (Lipinski definition) is 2. The fraction of sp³-hybridized carbons (Fsp3) is 0.500. The van der Waals surface area contributed by atoms with E-state index in [1.165, 1.54) is 0 Å². The zero-order valence-electron chi connectivity index (χ0n) is 11.4. The van der Waals surface area contributed by atoms with Gasteiger partial charge in [0, 0.05) is 6.61 Å². The van der Waals surface area contributed by atoms with Gasteiger partial charge in [-0.3, -0.25) is 0 Å². The van der Waals surface area contributed by atoms with Gasteiger partial charge in [-0.15, -0.1) is 0 Å². The Kier molecular flexibility index (Phi) is 3.95. The average Bonchev–Trinajstić information content (AvgIpc) is 2.79. The number of carbonyl (C=O) groups is 1. The van der Waals surface area contributed by atoms with Crippen molar-refractivity contribution in [2.75, 3.05) is 30.9 Å². The molecule has 3 N–H and O–H groups in total. The standard InChI is InChI=1S/C14H20N2O3/c1-3-19-13(17)10-4-5-12(11(15)8-10)16-14(2)6-7-18-9-14/h4-5,8,16H,3,6-7,9,15H2,1-2H3. The third-order valence-corrected chi connectivity index (χ3v) is 3.22. The maximum atomic E-state index is 11.6. The summed E-state index contributed by atoms with van der Waals surface area (Å²) in [5, 5.41) is 3.38. The first-order chi connectivity index (χ1) is 9.04. The molecule has 0 radical (unpaired) electrons. The van der Waals surface area contributed by atoms with Crippen LogP contribution in [0.4, 0.5) is 11.4 Å². The molecule has 1 aliphatic heterocycles. The molecule has 1 aliphatic rings. The van der Waals surface area contributed by atoms with Crippen LogP contribution >= 0.6 is 0 Å². The van der Waals surface area contributed by atoms with Gasteiger partial charge in [-0.25, -0.2) is 4.79 Å². The number of carbonyl (C=O) groups excluding carboxylic acids is 1. The fourth-order valence-corrected chi connectivity index (χ4v) is 2.11. The van der Waals surface area contributed by atoms with Gasteiger partial charge in [-0.1, -0.05) is 0 Å². The Morgan fingerprint density at radius 1 is 1.58 bits per heavy atom. The van der Waals surface area contributed by atoms with Crippen LogP contribution < -0.4 is 11.1 Å². The zero-order valence-corrected chi connectivity index (χ0v) is 11.4. The smallest absolute Gasteiger partial charge is 0.338 e. The molecule has 0 aromatic heterocycles. The molecule has 1 fully saturated rings. The Labute approximate surface area is 113 Å². The molecule has 19 heavy (non-hydrogen) atoms. The van der Waals surface area contributed by atoms with Gasteiger partial charge in [0.15, 0.2) is 0 Å². The summed E-state index contributed by atoms with van der Waals surface area (Å²) in [4.78, 5) is 11.6. The van der Waals surface area contributed by atoms with E-state index in [0.29, 0.717) is 24.5 Å². The molecule has 1 heterocycles. The van der Waals surface area contributed by atoms with Crippen LogP contribution in [0.3, 0.4) is 0 Å². The molecule has 1 unspecified atom stereocenters. The molecule has 0 amide bonds. The molecule has 1 atom stereocenters. The number of rotatable bonds is 4. The van der Waals surface area contributed by atoms with Crippen LogP contribution in [0, 0.1) is 0 Å². The number of nitrogens with two attached hydrogens (primary N) is 1. The van der Waals surface area contributed by atoms with Gasteiger partial charge in [0.05, 0.1) is 35.7 Å². The number of benzene rings is 1. The summed E-state index contributed by atoms with van der Waals surface area (Å²) in [6.07, 6.45) is 0.937. The molecule has 0 bridgehead atoms. The predicted octanol–water partition coefficient (Wildman–Crippen LogP) is 2.04. The zero-order chi connectivity index (χ0) is 13.9. The van der Waals surface area contributed by atoms with E-state index in [1.54, 1.807) is 19.1 Å². The summed E-state index contributed by atoms with van der Waals surface area (Å²) in [6.45, 7) is 5.64. The number of esters is 1. The lowest BCUT2D eigenvalue weighted by molar-refractivity contribution is 0.0526. The lowest BCUT2D eigenvalue weighted by Crippen LogP contribution is -2.35. The first kappa shape index (κ1) is 13.7. The van der Waals surface area contributed by atoms with E-state index >= 15 is 0 Å². The predicted molar refractivity (Wildman–Crippen MR) is 74.3 cm³/mol. The van der Waals surface area contributed by atoms with Crippen LogP contribution in [0.15, 0.2) is 18.2 Å². The van der Waals surface area contributed by atoms with Crippen LogP contribution in [0.1, 0.15) is 30.6 Å². The van der Waals surface area contributed by atoms with Crippen molar-refractivity contribution in [3.8, 4) is 0 Å². The Morgan fingerprint density at radius 2 is 2.37 bits per heavy atom. The van der Waals surface area contributed by atoms with E-state index in [4.69, 9.17) is 15.2 Å². The van der Waals surface area contributed by atoms with Crippen LogP contribution in [0.25, 0.3) is 0 Å². The van der Waals surface area contributed by atoms with Crippen molar-refractivity contribution in [2.24, 2.45) is 0 Å². The first-order valence-electron chi connectivity index (χ1n) is 6.47. The summed E-state index contributed by atoms with van der Waals surface area (Å²) in [5.74, 6) is -0.351. The maximum absolute atomic E-state index is 11.6. The Balaban J connectivity index is 2.13. The molecule has 5 heteroatoms. The van der Waals surface area contributed by atoms with Gasteiger partial charge in [0.25, 0.3) is 0 Å². The SMILES string of the molecule is CCOC(=O)c1ccc(NC2(C)CCOC2)c(N)c1. The normalized spacial score (nSPS) is 22.2. The highest BCUT2D eigenvalue weighted by Gasteiger charge is 2.29. The number of nitrogens with one attached hydrogen (secondary N) is 1. The van der Waals surface area contributed by atoms with Gasteiger partial charge in [0.2, 0.25) is 0 Å². The van der Waals surface area contributed by atoms with E-state index in [0.717, 1.165) is 18.7 Å². The van der Waals surface area contributed by atoms with E-state index in [-0.39, 0.29) is 11.5 Å². The topological polar surface area (TPSA) is 73.6 Å². The molecule has 0 saturated carbocycles. The summed E-state index contributed by atoms with van der Waals surface area (Å²) in [5.41, 5.74) is 7.71. The van der Waals surface area contributed by atoms with Crippen LogP contribution in [-0.4, -0.2) is 31.3 Å². The number of anilines is 2. The summed E-state index contributed by atoms with van der Waals surface area (Å²) < 4.78 is 10.3. The van der Waals surface area contributed by atoms with Crippen molar-refractivity contribution in [2.45, 2.75) is 25.8 Å². The van der Waals surface area contributed by atoms with Gasteiger partial charge >= 0.3 is 5.97 Å². The molecule has 1 aromatic carbocycles. The fourth-order valence-electron chi connectivity index (χ4n) is 2.11. The number of ether oxygens (including phenoxy) is 2. The number of nitrogen functional groups attached to an aromatic ring is 1. The van der Waals surface area contributed by atoms with Crippen molar-refractivity contribution < 1.29 is 14.3 Å². The maximum Gasteiger partial charge on any atom is 0.338 e. The molecule has 104 valence electrons. The monoisotopic (exact) mass is 264 g/mol. The second-order valence-electron chi connectivity index (χ2n) is 5.01. The number of hydrogen-bond acceptors (Lipinski definition) is 5. The molecule has 0 aliphatic carbocycles. The average molecular weight is 264 g/mol. The quantitative estimate of drug-likeness (QED) is 0.643. The molecule has 5 nitrogen and oxygen atoms in total. The van der Waals surface area contributed by atoms with Crippen molar-refractivity contribution in [3.63, 3.8) is 0 Å². The third kappa shape index (κ3) is 3.17. The second kappa shape index (κ2) is 5.48. The Hall–Kier alpha value is -1.75. The highest BCUT2D eigenvalue weighted by molar-refractivity contribution is 5.92. The molecule has 0 spiro atoms. The highest BCUT2D eigenvalue weighted by Crippen LogP contribution is 2.28. The van der Waals surface area contributed by atoms with Crippen molar-refractivity contribution >= 4 is 17.3 Å². The van der Waals surface area contributed by atoms with E-state index < -0.39 is 0 Å². The van der Waals surface area contributed by atoms with Gasteiger partial charge in [0.1, 0.15) is 0 Å². The molecule has 1 aromatic rings. The minimum absolute atomic E-state index is 0.0977. The summed E-state index contributed by atoms with van der Waals surface area (Å²) in [6, 6.07) is 5.17. The first-order valence-corrected chi connectivity index (χ1v) is 6.47. The Bertz CT molecular complexity index is 468. The molecular weight excluding hydrogens is 244 g/mol. The van der Waals surface area contributed by atoms with Crippen LogP contribution in [-0.2, 0) is 9.47 Å². The van der Waals surface area contributed by atoms with Crippen LogP contribution in [0.5, 0.6) is 0 Å². The largest absolute Gasteiger partial charge is 0.462 e. The van der Waals surface area contributed by atoms with Crippen molar-refractivity contribution in [1.29, 1.82) is 0 Å². The van der Waals surface area contributed by atoms with Gasteiger partial charge in [-0.2, -0.15) is 0 Å². The third-order valence-electron chi connectivity index (χ3n) is 3.22. The van der Waals surface area contributed by atoms with Gasteiger partial charge in [-0.05, 0) is 38.5 Å². The molecular formula is C14H20N2O3. The minimum Gasteiger partial charge on any atom is -0.462 e. The lowest BCUT2D eigenvalue weighted by atomic mass is 10.0. The molecule has 2 rings (SSSR count). The summed E-state index contributed by atoms with van der Waals surface area (Å²) in [7, 11) is 0. The lowest BCUT2D eigenvalue weighted by Gasteiger charge is -2.26. The van der Waals surface area contributed by atoms with Crippen molar-refractivity contribution in [1.82, 2.24) is 0 Å². The second-order valence-corrected chi connectivity index (χ2v) is 5.01. The van der Waals surface area contributed by atoms with E-state index in [2.05, 4.69) is 12.2 Å². The van der Waals surface area contributed by atoms with E-state index in [1.807, 2.05) is 6.07 Å². The van der Waals surface area contributed by atoms with E-state index in [9.17, 15) is 4.79 Å². The van der Waals surface area contributed by atoms with Gasteiger partial charge < -0.3 is 20.5 Å². The molecule has 1 saturated heterocycles. The highest BCUT2D eigenvalue weighted by atomic mass is 16.5. The van der Waals surface area contributed by atoms with Crippen LogP contribution in [0.2, 0.25) is 0 Å². The Morgan fingerprint density at radius 3 is 2.95 bits per heavy atom. The summed E-state index contributed by atoms with van der Waals surface area (Å²) >= 11 is 0. The van der Waals surface area contributed by atoms with Crippen molar-refractivity contribution in [3.05, 3.63) is 23.8 Å². The minimum atomic E-state index is -0.351.